The van der Waals surface area contributed by atoms with Crippen LogP contribution >= 0.6 is 0 Å². The molecular weight excluding hydrogens is 342 g/mol. The molecule has 0 aliphatic rings. The highest BCUT2D eigenvalue weighted by atomic mass is 15.0. The van der Waals surface area contributed by atoms with Gasteiger partial charge in [0.05, 0.1) is 30.0 Å². The van der Waals surface area contributed by atoms with Crippen LogP contribution in [0.2, 0.25) is 0 Å². The molecule has 1 heterocycles. The molecule has 3 heteroatoms. The van der Waals surface area contributed by atoms with Crippen molar-refractivity contribution in [2.24, 2.45) is 0 Å². The summed E-state index contributed by atoms with van der Waals surface area (Å²) < 4.78 is 2.03. The van der Waals surface area contributed by atoms with E-state index in [1.165, 1.54) is 10.8 Å². The number of para-hydroxylation sites is 2. The molecule has 0 aliphatic heterocycles. The highest BCUT2D eigenvalue weighted by Crippen LogP contribution is 2.30. The predicted octanol–water partition coefficient (Wildman–Crippen LogP) is 5.95. The third kappa shape index (κ3) is 2.72. The second kappa shape index (κ2) is 6.68. The van der Waals surface area contributed by atoms with E-state index in [0.29, 0.717) is 12.1 Å². The lowest BCUT2D eigenvalue weighted by molar-refractivity contribution is 0.830. The van der Waals surface area contributed by atoms with Gasteiger partial charge in [-0.05, 0) is 51.4 Å². The lowest BCUT2D eigenvalue weighted by Crippen LogP contribution is -1.98. The van der Waals surface area contributed by atoms with Crippen molar-refractivity contribution in [2.45, 2.75) is 6.54 Å². The summed E-state index contributed by atoms with van der Waals surface area (Å²) in [4.78, 5) is 4.44. The zero-order valence-electron chi connectivity index (χ0n) is 15.2. The molecule has 0 saturated heterocycles. The molecule has 132 valence electrons. The highest BCUT2D eigenvalue weighted by Gasteiger charge is 2.09. The van der Waals surface area contributed by atoms with E-state index >= 15 is 0 Å². The first-order valence-electron chi connectivity index (χ1n) is 9.24. The topological polar surface area (TPSA) is 41.6 Å². The molecular formula is C25H17N3. The van der Waals surface area contributed by atoms with Crippen LogP contribution in [0.25, 0.3) is 38.7 Å². The van der Waals surface area contributed by atoms with Gasteiger partial charge in [-0.15, -0.1) is 0 Å². The molecule has 0 unspecified atom stereocenters. The Bertz CT molecular complexity index is 1350. The third-order valence-electron chi connectivity index (χ3n) is 5.14. The molecule has 0 atom stereocenters. The Morgan fingerprint density at radius 1 is 0.893 bits per heavy atom. The van der Waals surface area contributed by atoms with Crippen molar-refractivity contribution < 1.29 is 0 Å². The van der Waals surface area contributed by atoms with Crippen LogP contribution in [0.5, 0.6) is 0 Å². The van der Waals surface area contributed by atoms with Gasteiger partial charge in [-0.1, -0.05) is 60.7 Å². The number of hydrogen-bond donors (Lipinski definition) is 0. The molecule has 0 saturated carbocycles. The van der Waals surface area contributed by atoms with Crippen molar-refractivity contribution in [1.82, 2.24) is 9.55 Å². The molecule has 0 spiro atoms. The molecule has 1 aromatic heterocycles. The van der Waals surface area contributed by atoms with Crippen LogP contribution in [0.4, 0.5) is 0 Å². The summed E-state index contributed by atoms with van der Waals surface area (Å²) in [5.41, 5.74) is 3.76. The summed E-state index contributed by atoms with van der Waals surface area (Å²) in [6.45, 7) is 0.495. The van der Waals surface area contributed by atoms with E-state index in [2.05, 4.69) is 41.4 Å². The van der Waals surface area contributed by atoms with Gasteiger partial charge >= 0.3 is 0 Å². The number of nitrogens with zero attached hydrogens (tertiary/aromatic N) is 3. The molecule has 5 rings (SSSR count). The molecule has 0 aliphatic carbocycles. The first-order chi connectivity index (χ1) is 13.8. The van der Waals surface area contributed by atoms with Crippen LogP contribution < -0.4 is 0 Å². The summed E-state index contributed by atoms with van der Waals surface area (Å²) in [5.74, 6) is 0. The van der Waals surface area contributed by atoms with Crippen LogP contribution in [0.15, 0.2) is 90.8 Å². The monoisotopic (exact) mass is 359 g/mol. The second-order valence-electron chi connectivity index (χ2n) is 6.88. The Balaban J connectivity index is 1.69. The molecule has 4 aromatic carbocycles. The van der Waals surface area contributed by atoms with Crippen molar-refractivity contribution >= 4 is 38.7 Å². The molecule has 5 aromatic rings. The van der Waals surface area contributed by atoms with Crippen molar-refractivity contribution in [3.05, 3.63) is 96.3 Å². The number of aromatic nitrogens is 2. The van der Waals surface area contributed by atoms with Crippen LogP contribution in [-0.4, -0.2) is 9.55 Å². The number of benzene rings is 4. The van der Waals surface area contributed by atoms with E-state index in [1.807, 2.05) is 59.2 Å². The minimum atomic E-state index is 0.495. The predicted molar refractivity (Wildman–Crippen MR) is 115 cm³/mol. The zero-order chi connectivity index (χ0) is 18.9. The fraction of sp³-hybridized carbons (Fsp3) is 0.0400. The minimum Gasteiger partial charge on any atom is -0.325 e. The second-order valence-corrected chi connectivity index (χ2v) is 6.88. The molecule has 0 bridgehead atoms. The zero-order valence-corrected chi connectivity index (χ0v) is 15.2. The van der Waals surface area contributed by atoms with E-state index < -0.39 is 0 Å². The largest absolute Gasteiger partial charge is 0.325 e. The maximum Gasteiger partial charge on any atom is 0.0966 e. The van der Waals surface area contributed by atoms with Gasteiger partial charge in [0, 0.05) is 5.57 Å². The van der Waals surface area contributed by atoms with Gasteiger partial charge < -0.3 is 4.57 Å². The molecule has 0 N–H and O–H groups in total. The highest BCUT2D eigenvalue weighted by molar-refractivity contribution is 6.07. The Morgan fingerprint density at radius 3 is 2.25 bits per heavy atom. The lowest BCUT2D eigenvalue weighted by atomic mass is 9.95. The normalized spacial score (nSPS) is 11.9. The maximum absolute atomic E-state index is 9.85. The van der Waals surface area contributed by atoms with E-state index in [-0.39, 0.29) is 0 Å². The Kier molecular flexibility index (Phi) is 3.88. The number of nitriles is 1. The fourth-order valence-electron chi connectivity index (χ4n) is 3.81. The Morgan fingerprint density at radius 2 is 1.54 bits per heavy atom. The Hall–Kier alpha value is -3.90. The molecule has 0 fully saturated rings. The van der Waals surface area contributed by atoms with Gasteiger partial charge in [0.2, 0.25) is 0 Å². The van der Waals surface area contributed by atoms with Gasteiger partial charge in [0.1, 0.15) is 0 Å². The lowest BCUT2D eigenvalue weighted by Gasteiger charge is -2.10. The van der Waals surface area contributed by atoms with Gasteiger partial charge in [-0.25, -0.2) is 4.98 Å². The Labute approximate surface area is 162 Å². The number of allylic oxidation sites excluding steroid dienone is 1. The van der Waals surface area contributed by atoms with Gasteiger partial charge in [0.25, 0.3) is 0 Å². The van der Waals surface area contributed by atoms with Crippen molar-refractivity contribution in [1.29, 1.82) is 5.26 Å². The quantitative estimate of drug-likeness (QED) is 0.295. The smallest absolute Gasteiger partial charge is 0.0966 e. The fourth-order valence-corrected chi connectivity index (χ4v) is 3.81. The minimum absolute atomic E-state index is 0.495. The van der Waals surface area contributed by atoms with E-state index in [0.717, 1.165) is 27.4 Å². The average molecular weight is 359 g/mol. The maximum atomic E-state index is 9.85. The number of hydrogen-bond acceptors (Lipinski definition) is 2. The standard InChI is InChI=1S/C25H17N3/c26-15-18(16-28-17-27-24-11-5-6-12-25(24)28)13-23-21-9-3-1-7-19(21)14-20-8-2-4-10-22(20)23/h1-14,17H,16H2/b18-13-. The van der Waals surface area contributed by atoms with Gasteiger partial charge in [-0.3, -0.25) is 0 Å². The summed E-state index contributed by atoms with van der Waals surface area (Å²) in [6.07, 6.45) is 3.83. The summed E-state index contributed by atoms with van der Waals surface area (Å²) in [6, 6.07) is 29.3. The average Bonchev–Trinajstić information content (AvgIpc) is 3.15. The first kappa shape index (κ1) is 16.3. The summed E-state index contributed by atoms with van der Waals surface area (Å²) in [7, 11) is 0. The van der Waals surface area contributed by atoms with E-state index in [9.17, 15) is 5.26 Å². The third-order valence-corrected chi connectivity index (χ3v) is 5.14. The van der Waals surface area contributed by atoms with Crippen molar-refractivity contribution in [3.8, 4) is 6.07 Å². The number of rotatable bonds is 3. The summed E-state index contributed by atoms with van der Waals surface area (Å²) in [5, 5.41) is 14.5. The molecule has 0 amide bonds. The number of fused-ring (bicyclic) bond motifs is 3. The SMILES string of the molecule is N#C/C(=C/c1c2ccccc2cc2ccccc12)Cn1cnc2ccccc21. The van der Waals surface area contributed by atoms with Crippen molar-refractivity contribution in [2.75, 3.05) is 0 Å². The molecule has 28 heavy (non-hydrogen) atoms. The first-order valence-corrected chi connectivity index (χ1v) is 9.24. The van der Waals surface area contributed by atoms with Gasteiger partial charge in [-0.2, -0.15) is 5.26 Å². The van der Waals surface area contributed by atoms with E-state index in [1.54, 1.807) is 6.33 Å². The summed E-state index contributed by atoms with van der Waals surface area (Å²) >= 11 is 0. The van der Waals surface area contributed by atoms with Gasteiger partial charge in [0.15, 0.2) is 0 Å². The number of imidazole rings is 1. The van der Waals surface area contributed by atoms with Crippen LogP contribution in [0.1, 0.15) is 5.56 Å². The molecule has 0 radical (unpaired) electrons. The van der Waals surface area contributed by atoms with Crippen molar-refractivity contribution in [3.63, 3.8) is 0 Å². The molecule has 3 nitrogen and oxygen atoms in total. The van der Waals surface area contributed by atoms with Crippen LogP contribution in [0.3, 0.4) is 0 Å². The van der Waals surface area contributed by atoms with E-state index in [4.69, 9.17) is 0 Å². The van der Waals surface area contributed by atoms with Crippen LogP contribution in [-0.2, 0) is 6.54 Å². The van der Waals surface area contributed by atoms with Crippen LogP contribution in [0, 0.1) is 11.3 Å².